The van der Waals surface area contributed by atoms with Crippen LogP contribution in [0.2, 0.25) is 5.02 Å². The number of ether oxygens (including phenoxy) is 1. The topological polar surface area (TPSA) is 82.3 Å². The van der Waals surface area contributed by atoms with Crippen molar-refractivity contribution < 1.29 is 14.6 Å². The zero-order chi connectivity index (χ0) is 13.1. The molecular weight excluding hydrogens is 256 g/mol. The van der Waals surface area contributed by atoms with E-state index >= 15 is 0 Å². The number of hydrogen-bond donors (Lipinski definition) is 2. The molecule has 2 N–H and O–H groups in total. The van der Waals surface area contributed by atoms with Crippen molar-refractivity contribution in [3.8, 4) is 6.07 Å². The summed E-state index contributed by atoms with van der Waals surface area (Å²) in [6.07, 6.45) is 0. The minimum Gasteiger partial charge on any atom is -0.481 e. The molecule has 0 spiro atoms. The first kappa shape index (κ1) is 12.7. The van der Waals surface area contributed by atoms with Crippen LogP contribution in [0.4, 0.5) is 5.69 Å². The molecule has 0 aromatic heterocycles. The van der Waals surface area contributed by atoms with Crippen molar-refractivity contribution in [1.29, 1.82) is 5.26 Å². The van der Waals surface area contributed by atoms with Gasteiger partial charge in [0.25, 0.3) is 0 Å². The monoisotopic (exact) mass is 266 g/mol. The van der Waals surface area contributed by atoms with Gasteiger partial charge in [-0.1, -0.05) is 11.6 Å². The Morgan fingerprint density at radius 3 is 3.00 bits per heavy atom. The SMILES string of the molecule is N#Cc1ccc(Cl)cc1NC1COCC1C(=O)O. The van der Waals surface area contributed by atoms with Gasteiger partial charge in [-0.2, -0.15) is 5.26 Å². The summed E-state index contributed by atoms with van der Waals surface area (Å²) in [5.41, 5.74) is 0.960. The standard InChI is InChI=1S/C12H11ClN2O3/c13-8-2-1-7(4-14)10(3-8)15-11-6-18-5-9(11)12(16)17/h1-3,9,11,15H,5-6H2,(H,16,17). The first-order valence-electron chi connectivity index (χ1n) is 5.38. The molecule has 2 unspecified atom stereocenters. The minimum atomic E-state index is -0.912. The number of carboxylic acids is 1. The van der Waals surface area contributed by atoms with E-state index in [0.29, 0.717) is 22.9 Å². The van der Waals surface area contributed by atoms with E-state index in [1.54, 1.807) is 18.2 Å². The van der Waals surface area contributed by atoms with Crippen LogP contribution in [0, 0.1) is 17.2 Å². The van der Waals surface area contributed by atoms with E-state index in [2.05, 4.69) is 5.32 Å². The largest absolute Gasteiger partial charge is 0.481 e. The summed E-state index contributed by atoms with van der Waals surface area (Å²) >= 11 is 5.86. The van der Waals surface area contributed by atoms with Crippen LogP contribution in [0.5, 0.6) is 0 Å². The van der Waals surface area contributed by atoms with E-state index in [1.165, 1.54) is 0 Å². The average molecular weight is 267 g/mol. The molecule has 2 rings (SSSR count). The molecule has 0 saturated carbocycles. The molecule has 0 bridgehead atoms. The Kier molecular flexibility index (Phi) is 3.70. The van der Waals surface area contributed by atoms with Gasteiger partial charge in [-0.15, -0.1) is 0 Å². The summed E-state index contributed by atoms with van der Waals surface area (Å²) < 4.78 is 5.15. The van der Waals surface area contributed by atoms with E-state index in [4.69, 9.17) is 26.7 Å². The fourth-order valence-corrected chi connectivity index (χ4v) is 2.05. The number of nitrogens with zero attached hydrogens (tertiary/aromatic N) is 1. The first-order valence-corrected chi connectivity index (χ1v) is 5.76. The minimum absolute atomic E-state index is 0.176. The molecular formula is C12H11ClN2O3. The number of nitrogens with one attached hydrogen (secondary N) is 1. The van der Waals surface area contributed by atoms with Crippen LogP contribution in [0.25, 0.3) is 0 Å². The molecule has 6 heteroatoms. The van der Waals surface area contributed by atoms with Gasteiger partial charge in [0.1, 0.15) is 12.0 Å². The second-order valence-electron chi connectivity index (χ2n) is 4.03. The van der Waals surface area contributed by atoms with Crippen LogP contribution in [0.3, 0.4) is 0 Å². The van der Waals surface area contributed by atoms with Gasteiger partial charge in [0.2, 0.25) is 0 Å². The van der Waals surface area contributed by atoms with Crippen molar-refractivity contribution in [1.82, 2.24) is 0 Å². The molecule has 0 amide bonds. The van der Waals surface area contributed by atoms with Crippen LogP contribution >= 0.6 is 11.6 Å². The van der Waals surface area contributed by atoms with E-state index < -0.39 is 11.9 Å². The number of rotatable bonds is 3. The summed E-state index contributed by atoms with van der Waals surface area (Å²) in [5, 5.41) is 21.5. The highest BCUT2D eigenvalue weighted by molar-refractivity contribution is 6.30. The van der Waals surface area contributed by atoms with Gasteiger partial charge in [-0.25, -0.2) is 0 Å². The summed E-state index contributed by atoms with van der Waals surface area (Å²) in [4.78, 5) is 11.0. The summed E-state index contributed by atoms with van der Waals surface area (Å²) in [6.45, 7) is 0.476. The highest BCUT2D eigenvalue weighted by Gasteiger charge is 2.34. The number of aliphatic carboxylic acids is 1. The molecule has 1 aliphatic rings. The Balaban J connectivity index is 2.21. The molecule has 1 fully saturated rings. The van der Waals surface area contributed by atoms with Gasteiger partial charge in [-0.05, 0) is 18.2 Å². The van der Waals surface area contributed by atoms with Gasteiger partial charge >= 0.3 is 5.97 Å². The molecule has 18 heavy (non-hydrogen) atoms. The fourth-order valence-electron chi connectivity index (χ4n) is 1.87. The molecule has 5 nitrogen and oxygen atoms in total. The second kappa shape index (κ2) is 5.25. The first-order chi connectivity index (χ1) is 8.61. The number of nitriles is 1. The molecule has 94 valence electrons. The second-order valence-corrected chi connectivity index (χ2v) is 4.47. The van der Waals surface area contributed by atoms with E-state index in [-0.39, 0.29) is 12.6 Å². The van der Waals surface area contributed by atoms with Gasteiger partial charge in [0.05, 0.1) is 30.5 Å². The molecule has 0 radical (unpaired) electrons. The van der Waals surface area contributed by atoms with Gasteiger partial charge in [-0.3, -0.25) is 4.79 Å². The van der Waals surface area contributed by atoms with Crippen molar-refractivity contribution in [3.63, 3.8) is 0 Å². The molecule has 1 aromatic carbocycles. The van der Waals surface area contributed by atoms with E-state index in [9.17, 15) is 4.79 Å². The Morgan fingerprint density at radius 1 is 1.56 bits per heavy atom. The lowest BCUT2D eigenvalue weighted by Crippen LogP contribution is -2.33. The average Bonchev–Trinajstić information content (AvgIpc) is 2.77. The summed E-state index contributed by atoms with van der Waals surface area (Å²) in [6, 6.07) is 6.50. The molecule has 1 aliphatic heterocycles. The third-order valence-electron chi connectivity index (χ3n) is 2.84. The smallest absolute Gasteiger partial charge is 0.311 e. The van der Waals surface area contributed by atoms with Crippen molar-refractivity contribution in [2.45, 2.75) is 6.04 Å². The van der Waals surface area contributed by atoms with Crippen molar-refractivity contribution in [2.75, 3.05) is 18.5 Å². The lowest BCUT2D eigenvalue weighted by Gasteiger charge is -2.18. The number of carbonyl (C=O) groups is 1. The maximum absolute atomic E-state index is 11.0. The van der Waals surface area contributed by atoms with Crippen LogP contribution in [0.15, 0.2) is 18.2 Å². The van der Waals surface area contributed by atoms with Crippen LogP contribution in [-0.2, 0) is 9.53 Å². The fraction of sp³-hybridized carbons (Fsp3) is 0.333. The summed E-state index contributed by atoms with van der Waals surface area (Å²) in [7, 11) is 0. The maximum atomic E-state index is 11.0. The van der Waals surface area contributed by atoms with Gasteiger partial charge in [0, 0.05) is 5.02 Å². The molecule has 0 aliphatic carbocycles. The lowest BCUT2D eigenvalue weighted by molar-refractivity contribution is -0.141. The number of hydrogen-bond acceptors (Lipinski definition) is 4. The molecule has 1 heterocycles. The Morgan fingerprint density at radius 2 is 2.33 bits per heavy atom. The zero-order valence-electron chi connectivity index (χ0n) is 9.39. The Labute approximate surface area is 109 Å². The molecule has 1 aromatic rings. The number of carboxylic acid groups (broad SMARTS) is 1. The molecule has 1 saturated heterocycles. The van der Waals surface area contributed by atoms with E-state index in [0.717, 1.165) is 0 Å². The highest BCUT2D eigenvalue weighted by Crippen LogP contribution is 2.24. The molecule has 2 atom stereocenters. The zero-order valence-corrected chi connectivity index (χ0v) is 10.1. The third kappa shape index (κ3) is 2.55. The number of anilines is 1. The summed E-state index contributed by atoms with van der Waals surface area (Å²) in [5.74, 6) is -1.53. The predicted octanol–water partition coefficient (Wildman–Crippen LogP) is 1.72. The Bertz CT molecular complexity index is 513. The van der Waals surface area contributed by atoms with Gasteiger partial charge < -0.3 is 15.2 Å². The van der Waals surface area contributed by atoms with Crippen LogP contribution in [-0.4, -0.2) is 30.3 Å². The Hall–Kier alpha value is -1.77. The predicted molar refractivity (Wildman–Crippen MR) is 65.5 cm³/mol. The quantitative estimate of drug-likeness (QED) is 0.870. The highest BCUT2D eigenvalue weighted by atomic mass is 35.5. The third-order valence-corrected chi connectivity index (χ3v) is 3.08. The maximum Gasteiger partial charge on any atom is 0.311 e. The van der Waals surface area contributed by atoms with Crippen LogP contribution in [0.1, 0.15) is 5.56 Å². The normalized spacial score (nSPS) is 22.4. The van der Waals surface area contributed by atoms with Crippen LogP contribution < -0.4 is 5.32 Å². The van der Waals surface area contributed by atoms with Crippen molar-refractivity contribution >= 4 is 23.3 Å². The van der Waals surface area contributed by atoms with Crippen molar-refractivity contribution in [3.05, 3.63) is 28.8 Å². The van der Waals surface area contributed by atoms with Crippen molar-refractivity contribution in [2.24, 2.45) is 5.92 Å². The lowest BCUT2D eigenvalue weighted by atomic mass is 10.0. The van der Waals surface area contributed by atoms with E-state index in [1.807, 2.05) is 6.07 Å². The number of benzene rings is 1. The van der Waals surface area contributed by atoms with Gasteiger partial charge in [0.15, 0.2) is 0 Å². The number of halogens is 1.